The summed E-state index contributed by atoms with van der Waals surface area (Å²) in [5.74, 6) is 1.46. The van der Waals surface area contributed by atoms with Crippen LogP contribution in [-0.2, 0) is 6.61 Å². The molecular formula is C16H15N3O2. The highest BCUT2D eigenvalue weighted by molar-refractivity contribution is 5.53. The van der Waals surface area contributed by atoms with Crippen LogP contribution >= 0.6 is 0 Å². The van der Waals surface area contributed by atoms with Crippen LogP contribution in [0.2, 0.25) is 0 Å². The molecule has 0 N–H and O–H groups in total. The van der Waals surface area contributed by atoms with Crippen LogP contribution in [0.25, 0.3) is 11.5 Å². The van der Waals surface area contributed by atoms with Crippen molar-refractivity contribution in [2.45, 2.75) is 20.5 Å². The summed E-state index contributed by atoms with van der Waals surface area (Å²) in [6.07, 6.45) is 1.75. The molecule has 2 heterocycles. The van der Waals surface area contributed by atoms with Crippen molar-refractivity contribution in [2.24, 2.45) is 0 Å². The summed E-state index contributed by atoms with van der Waals surface area (Å²) in [7, 11) is 0. The molecule has 0 aliphatic carbocycles. The van der Waals surface area contributed by atoms with E-state index in [2.05, 4.69) is 15.2 Å². The Kier molecular flexibility index (Phi) is 3.64. The molecule has 0 saturated heterocycles. The molecule has 0 spiro atoms. The topological polar surface area (TPSA) is 61.0 Å². The molecule has 2 aromatic heterocycles. The van der Waals surface area contributed by atoms with Gasteiger partial charge in [-0.25, -0.2) is 4.98 Å². The summed E-state index contributed by atoms with van der Waals surface area (Å²) in [5.41, 5.74) is 3.14. The minimum Gasteiger partial charge on any atom is -0.468 e. The van der Waals surface area contributed by atoms with Gasteiger partial charge in [0.25, 0.3) is 5.89 Å². The predicted molar refractivity (Wildman–Crippen MR) is 77.8 cm³/mol. The lowest BCUT2D eigenvalue weighted by Gasteiger charge is -2.01. The molecule has 1 aromatic carbocycles. The Morgan fingerprint density at radius 3 is 2.71 bits per heavy atom. The molecule has 0 saturated carbocycles. The summed E-state index contributed by atoms with van der Waals surface area (Å²) < 4.78 is 11.1. The number of rotatable bonds is 4. The van der Waals surface area contributed by atoms with E-state index in [1.54, 1.807) is 6.20 Å². The molecule has 0 aliphatic heterocycles. The van der Waals surface area contributed by atoms with Gasteiger partial charge in [0, 0.05) is 17.8 Å². The van der Waals surface area contributed by atoms with E-state index in [0.29, 0.717) is 17.7 Å². The van der Waals surface area contributed by atoms with Gasteiger partial charge in [-0.3, -0.25) is 0 Å². The van der Waals surface area contributed by atoms with E-state index in [0.717, 1.165) is 16.7 Å². The summed E-state index contributed by atoms with van der Waals surface area (Å²) in [6.45, 7) is 4.20. The monoisotopic (exact) mass is 281 g/mol. The first-order valence-corrected chi connectivity index (χ1v) is 6.65. The molecule has 0 radical (unpaired) electrons. The van der Waals surface area contributed by atoms with Crippen LogP contribution in [0.5, 0.6) is 5.88 Å². The second kappa shape index (κ2) is 5.75. The van der Waals surface area contributed by atoms with E-state index >= 15 is 0 Å². The Morgan fingerprint density at radius 2 is 1.95 bits per heavy atom. The van der Waals surface area contributed by atoms with Gasteiger partial charge in [-0.15, -0.1) is 10.2 Å². The Morgan fingerprint density at radius 1 is 1.05 bits per heavy atom. The van der Waals surface area contributed by atoms with Crippen LogP contribution in [-0.4, -0.2) is 15.2 Å². The van der Waals surface area contributed by atoms with Gasteiger partial charge in [0.1, 0.15) is 0 Å². The first kappa shape index (κ1) is 13.3. The van der Waals surface area contributed by atoms with Crippen molar-refractivity contribution in [3.63, 3.8) is 0 Å². The van der Waals surface area contributed by atoms with E-state index in [9.17, 15) is 0 Å². The van der Waals surface area contributed by atoms with E-state index in [1.807, 2.05) is 50.2 Å². The number of nitrogens with zero attached hydrogens (tertiary/aromatic N) is 3. The summed E-state index contributed by atoms with van der Waals surface area (Å²) in [5, 5.41) is 8.02. The molecule has 21 heavy (non-hydrogen) atoms. The standard InChI is InChI=1S/C16H15N3O2/c1-11-4-3-5-13(8-11)16-19-18-15(21-16)10-20-14-7-6-12(2)9-17-14/h3-9H,10H2,1-2H3. The normalized spacial score (nSPS) is 10.6. The number of aryl methyl sites for hydroxylation is 2. The minimum absolute atomic E-state index is 0.203. The Balaban J connectivity index is 1.69. The fourth-order valence-electron chi connectivity index (χ4n) is 1.88. The van der Waals surface area contributed by atoms with Crippen LogP contribution in [0, 0.1) is 13.8 Å². The van der Waals surface area contributed by atoms with Crippen molar-refractivity contribution >= 4 is 0 Å². The van der Waals surface area contributed by atoms with Gasteiger partial charge in [-0.05, 0) is 31.5 Å². The molecule has 106 valence electrons. The third-order valence-electron chi connectivity index (χ3n) is 2.96. The van der Waals surface area contributed by atoms with E-state index in [4.69, 9.17) is 9.15 Å². The summed E-state index contributed by atoms with van der Waals surface area (Å²) >= 11 is 0. The van der Waals surface area contributed by atoms with Crippen LogP contribution in [0.15, 0.2) is 47.0 Å². The highest BCUT2D eigenvalue weighted by atomic mass is 16.5. The lowest BCUT2D eigenvalue weighted by atomic mass is 10.1. The maximum Gasteiger partial charge on any atom is 0.254 e. The number of hydrogen-bond donors (Lipinski definition) is 0. The van der Waals surface area contributed by atoms with Gasteiger partial charge in [0.05, 0.1) is 0 Å². The number of hydrogen-bond acceptors (Lipinski definition) is 5. The van der Waals surface area contributed by atoms with E-state index in [-0.39, 0.29) is 6.61 Å². The molecule has 0 bridgehead atoms. The first-order valence-electron chi connectivity index (χ1n) is 6.65. The molecule has 5 heteroatoms. The Labute approximate surface area is 122 Å². The van der Waals surface area contributed by atoms with E-state index < -0.39 is 0 Å². The highest BCUT2D eigenvalue weighted by Crippen LogP contribution is 2.19. The maximum atomic E-state index is 5.60. The predicted octanol–water partition coefficient (Wildman–Crippen LogP) is 3.33. The van der Waals surface area contributed by atoms with Crippen molar-refractivity contribution in [3.05, 3.63) is 59.6 Å². The fourth-order valence-corrected chi connectivity index (χ4v) is 1.88. The molecule has 0 aliphatic rings. The zero-order chi connectivity index (χ0) is 14.7. The van der Waals surface area contributed by atoms with Crippen molar-refractivity contribution < 1.29 is 9.15 Å². The van der Waals surface area contributed by atoms with Crippen LogP contribution in [0.4, 0.5) is 0 Å². The van der Waals surface area contributed by atoms with Crippen LogP contribution < -0.4 is 4.74 Å². The molecule has 3 rings (SSSR count). The smallest absolute Gasteiger partial charge is 0.254 e. The minimum atomic E-state index is 0.203. The third-order valence-corrected chi connectivity index (χ3v) is 2.96. The Hall–Kier alpha value is -2.69. The fraction of sp³-hybridized carbons (Fsp3) is 0.188. The van der Waals surface area contributed by atoms with Gasteiger partial charge in [0.15, 0.2) is 6.61 Å². The maximum absolute atomic E-state index is 5.60. The average Bonchev–Trinajstić information content (AvgIpc) is 2.96. The largest absolute Gasteiger partial charge is 0.468 e. The molecule has 0 amide bonds. The van der Waals surface area contributed by atoms with Gasteiger partial charge in [-0.2, -0.15) is 0 Å². The van der Waals surface area contributed by atoms with Gasteiger partial charge in [-0.1, -0.05) is 23.8 Å². The number of ether oxygens (including phenoxy) is 1. The third kappa shape index (κ3) is 3.25. The lowest BCUT2D eigenvalue weighted by molar-refractivity contribution is 0.255. The molecule has 5 nitrogen and oxygen atoms in total. The number of benzene rings is 1. The van der Waals surface area contributed by atoms with Gasteiger partial charge in [0.2, 0.25) is 11.8 Å². The van der Waals surface area contributed by atoms with Gasteiger partial charge >= 0.3 is 0 Å². The second-order valence-corrected chi connectivity index (χ2v) is 4.83. The zero-order valence-electron chi connectivity index (χ0n) is 11.9. The number of pyridine rings is 1. The first-order chi connectivity index (χ1) is 10.2. The summed E-state index contributed by atoms with van der Waals surface area (Å²) in [6, 6.07) is 11.7. The average molecular weight is 281 g/mol. The SMILES string of the molecule is Cc1ccc(OCc2nnc(-c3cccc(C)c3)o2)nc1. The molecule has 3 aromatic rings. The molecule has 0 fully saturated rings. The zero-order valence-corrected chi connectivity index (χ0v) is 11.9. The highest BCUT2D eigenvalue weighted by Gasteiger charge is 2.09. The van der Waals surface area contributed by atoms with Crippen LogP contribution in [0.1, 0.15) is 17.0 Å². The number of aromatic nitrogens is 3. The van der Waals surface area contributed by atoms with Crippen LogP contribution in [0.3, 0.4) is 0 Å². The van der Waals surface area contributed by atoms with Gasteiger partial charge < -0.3 is 9.15 Å². The van der Waals surface area contributed by atoms with Crippen molar-refractivity contribution in [2.75, 3.05) is 0 Å². The molecule has 0 unspecified atom stereocenters. The second-order valence-electron chi connectivity index (χ2n) is 4.83. The quantitative estimate of drug-likeness (QED) is 0.734. The summed E-state index contributed by atoms with van der Waals surface area (Å²) in [4.78, 5) is 4.16. The van der Waals surface area contributed by atoms with Crippen molar-refractivity contribution in [3.8, 4) is 17.3 Å². The molecule has 0 atom stereocenters. The molecular weight excluding hydrogens is 266 g/mol. The van der Waals surface area contributed by atoms with E-state index in [1.165, 1.54) is 0 Å². The Bertz CT molecular complexity index is 735. The lowest BCUT2D eigenvalue weighted by Crippen LogP contribution is -1.97. The van der Waals surface area contributed by atoms with Crippen molar-refractivity contribution in [1.82, 2.24) is 15.2 Å². The van der Waals surface area contributed by atoms with Crippen molar-refractivity contribution in [1.29, 1.82) is 0 Å².